The number of hydrogen-bond donors (Lipinski definition) is 1. The molecule has 104 valence electrons. The fraction of sp³-hybridized carbons (Fsp3) is 0.389. The minimum Gasteiger partial charge on any atom is -0.377 e. The second kappa shape index (κ2) is 5.66. The van der Waals surface area contributed by atoms with Crippen molar-refractivity contribution < 1.29 is 0 Å². The molecule has 2 aromatic rings. The number of aryl methyl sites for hydroxylation is 1. The standard InChI is InChI=1S/C18H22N2/c1-13(2)15-7-3-9-16(12-15)20-17-10-4-6-14-8-5-11-19-18(14)17/h3,5,7-9,11-13,17,20H,4,6,10H2,1-2H3. The summed E-state index contributed by atoms with van der Waals surface area (Å²) < 4.78 is 0. The minimum absolute atomic E-state index is 0.349. The summed E-state index contributed by atoms with van der Waals surface area (Å²) in [5, 5.41) is 3.67. The number of nitrogens with one attached hydrogen (secondary N) is 1. The number of anilines is 1. The maximum absolute atomic E-state index is 4.59. The van der Waals surface area contributed by atoms with Crippen molar-refractivity contribution in [3.8, 4) is 0 Å². The van der Waals surface area contributed by atoms with Gasteiger partial charge >= 0.3 is 0 Å². The number of nitrogens with zero attached hydrogens (tertiary/aromatic N) is 1. The van der Waals surface area contributed by atoms with Crippen molar-refractivity contribution in [2.45, 2.75) is 45.1 Å². The highest BCUT2D eigenvalue weighted by Crippen LogP contribution is 2.31. The molecule has 0 aliphatic heterocycles. The van der Waals surface area contributed by atoms with Crippen LogP contribution < -0.4 is 5.32 Å². The van der Waals surface area contributed by atoms with Gasteiger partial charge in [0.05, 0.1) is 11.7 Å². The van der Waals surface area contributed by atoms with E-state index in [1.54, 1.807) is 0 Å². The Bertz CT molecular complexity index is 589. The van der Waals surface area contributed by atoms with Crippen LogP contribution in [-0.2, 0) is 6.42 Å². The first-order valence-electron chi connectivity index (χ1n) is 7.54. The van der Waals surface area contributed by atoms with E-state index in [0.717, 1.165) is 12.8 Å². The summed E-state index contributed by atoms with van der Waals surface area (Å²) in [6, 6.07) is 13.4. The van der Waals surface area contributed by atoms with Crippen LogP contribution in [-0.4, -0.2) is 4.98 Å². The Kier molecular flexibility index (Phi) is 3.72. The highest BCUT2D eigenvalue weighted by atomic mass is 14.9. The predicted molar refractivity (Wildman–Crippen MR) is 84.1 cm³/mol. The summed E-state index contributed by atoms with van der Waals surface area (Å²) in [5.41, 5.74) is 5.22. The molecule has 0 radical (unpaired) electrons. The third-order valence-electron chi connectivity index (χ3n) is 4.09. The molecule has 1 N–H and O–H groups in total. The van der Waals surface area contributed by atoms with Gasteiger partial charge in [0.25, 0.3) is 0 Å². The van der Waals surface area contributed by atoms with Crippen molar-refractivity contribution in [3.05, 3.63) is 59.4 Å². The van der Waals surface area contributed by atoms with Crippen molar-refractivity contribution in [2.75, 3.05) is 5.32 Å². The lowest BCUT2D eigenvalue weighted by molar-refractivity contribution is 0.583. The third kappa shape index (κ3) is 2.69. The van der Waals surface area contributed by atoms with E-state index in [1.165, 1.54) is 28.9 Å². The van der Waals surface area contributed by atoms with E-state index in [-0.39, 0.29) is 0 Å². The number of aromatic nitrogens is 1. The van der Waals surface area contributed by atoms with Crippen molar-refractivity contribution in [1.29, 1.82) is 0 Å². The molecule has 0 saturated heterocycles. The second-order valence-corrected chi connectivity index (χ2v) is 5.92. The summed E-state index contributed by atoms with van der Waals surface area (Å²) in [6.45, 7) is 4.47. The molecule has 2 heteroatoms. The van der Waals surface area contributed by atoms with Crippen LogP contribution in [0.25, 0.3) is 0 Å². The Morgan fingerprint density at radius 2 is 2.10 bits per heavy atom. The van der Waals surface area contributed by atoms with E-state index in [4.69, 9.17) is 0 Å². The van der Waals surface area contributed by atoms with Crippen LogP contribution in [0.4, 0.5) is 5.69 Å². The molecule has 1 aromatic heterocycles. The van der Waals surface area contributed by atoms with Gasteiger partial charge in [0.15, 0.2) is 0 Å². The molecule has 3 rings (SSSR count). The van der Waals surface area contributed by atoms with Gasteiger partial charge in [-0.3, -0.25) is 4.98 Å². The molecule has 0 fully saturated rings. The highest BCUT2D eigenvalue weighted by Gasteiger charge is 2.21. The van der Waals surface area contributed by atoms with E-state index >= 15 is 0 Å². The van der Waals surface area contributed by atoms with Gasteiger partial charge in [0, 0.05) is 11.9 Å². The quantitative estimate of drug-likeness (QED) is 0.871. The van der Waals surface area contributed by atoms with Gasteiger partial charge in [-0.15, -0.1) is 0 Å². The molecular formula is C18H22N2. The Hall–Kier alpha value is -1.83. The minimum atomic E-state index is 0.349. The zero-order valence-electron chi connectivity index (χ0n) is 12.3. The summed E-state index contributed by atoms with van der Waals surface area (Å²) in [7, 11) is 0. The molecule has 0 amide bonds. The molecular weight excluding hydrogens is 244 g/mol. The van der Waals surface area contributed by atoms with E-state index in [2.05, 4.69) is 54.5 Å². The molecule has 0 spiro atoms. The van der Waals surface area contributed by atoms with Crippen LogP contribution in [0.2, 0.25) is 0 Å². The average molecular weight is 266 g/mol. The monoisotopic (exact) mass is 266 g/mol. The van der Waals surface area contributed by atoms with Crippen molar-refractivity contribution in [1.82, 2.24) is 4.98 Å². The maximum atomic E-state index is 4.59. The lowest BCUT2D eigenvalue weighted by Gasteiger charge is -2.26. The lowest BCUT2D eigenvalue weighted by atomic mass is 9.91. The van der Waals surface area contributed by atoms with Crippen molar-refractivity contribution >= 4 is 5.69 Å². The molecule has 2 nitrogen and oxygen atoms in total. The summed E-state index contributed by atoms with van der Waals surface area (Å²) in [4.78, 5) is 4.59. The average Bonchev–Trinajstić information content (AvgIpc) is 2.48. The van der Waals surface area contributed by atoms with Gasteiger partial charge in [0.2, 0.25) is 0 Å². The Labute approximate surface area is 121 Å². The number of pyridine rings is 1. The van der Waals surface area contributed by atoms with Crippen LogP contribution in [0.5, 0.6) is 0 Å². The number of hydrogen-bond acceptors (Lipinski definition) is 2. The summed E-state index contributed by atoms with van der Waals surface area (Å²) in [5.74, 6) is 0.563. The zero-order chi connectivity index (χ0) is 13.9. The van der Waals surface area contributed by atoms with Gasteiger partial charge in [-0.1, -0.05) is 32.0 Å². The van der Waals surface area contributed by atoms with E-state index in [9.17, 15) is 0 Å². The maximum Gasteiger partial charge on any atom is 0.0688 e. The molecule has 1 atom stereocenters. The number of rotatable bonds is 3. The third-order valence-corrected chi connectivity index (χ3v) is 4.09. The second-order valence-electron chi connectivity index (χ2n) is 5.92. The first-order chi connectivity index (χ1) is 9.74. The predicted octanol–water partition coefficient (Wildman–Crippen LogP) is 4.69. The van der Waals surface area contributed by atoms with Crippen LogP contribution in [0.1, 0.15) is 55.5 Å². The van der Waals surface area contributed by atoms with Crippen LogP contribution in [0, 0.1) is 0 Å². The van der Waals surface area contributed by atoms with Gasteiger partial charge in [0.1, 0.15) is 0 Å². The fourth-order valence-corrected chi connectivity index (χ4v) is 2.94. The van der Waals surface area contributed by atoms with Gasteiger partial charge < -0.3 is 5.32 Å². The SMILES string of the molecule is CC(C)c1cccc(NC2CCCc3cccnc32)c1. The lowest BCUT2D eigenvalue weighted by Crippen LogP contribution is -2.18. The van der Waals surface area contributed by atoms with Crippen molar-refractivity contribution in [2.24, 2.45) is 0 Å². The highest BCUT2D eigenvalue weighted by molar-refractivity contribution is 5.48. The zero-order valence-corrected chi connectivity index (χ0v) is 12.3. The summed E-state index contributed by atoms with van der Waals surface area (Å²) in [6.07, 6.45) is 5.47. The van der Waals surface area contributed by atoms with E-state index in [0.29, 0.717) is 12.0 Å². The Morgan fingerprint density at radius 1 is 1.20 bits per heavy atom. The van der Waals surface area contributed by atoms with Crippen LogP contribution >= 0.6 is 0 Å². The molecule has 0 saturated carbocycles. The molecule has 0 bridgehead atoms. The molecule has 1 heterocycles. The van der Waals surface area contributed by atoms with Crippen LogP contribution in [0.3, 0.4) is 0 Å². The topological polar surface area (TPSA) is 24.9 Å². The summed E-state index contributed by atoms with van der Waals surface area (Å²) >= 11 is 0. The molecule has 1 aliphatic carbocycles. The largest absolute Gasteiger partial charge is 0.377 e. The van der Waals surface area contributed by atoms with Gasteiger partial charge in [-0.2, -0.15) is 0 Å². The first kappa shape index (κ1) is 13.2. The normalized spacial score (nSPS) is 17.9. The molecule has 20 heavy (non-hydrogen) atoms. The van der Waals surface area contributed by atoms with Crippen molar-refractivity contribution in [3.63, 3.8) is 0 Å². The Balaban J connectivity index is 1.84. The van der Waals surface area contributed by atoms with E-state index in [1.807, 2.05) is 12.3 Å². The number of benzene rings is 1. The van der Waals surface area contributed by atoms with E-state index < -0.39 is 0 Å². The fourth-order valence-electron chi connectivity index (χ4n) is 2.94. The van der Waals surface area contributed by atoms with Gasteiger partial charge in [-0.25, -0.2) is 0 Å². The number of fused-ring (bicyclic) bond motifs is 1. The van der Waals surface area contributed by atoms with Gasteiger partial charge in [-0.05, 0) is 54.5 Å². The molecule has 1 aromatic carbocycles. The molecule has 1 aliphatic rings. The first-order valence-corrected chi connectivity index (χ1v) is 7.54. The molecule has 1 unspecified atom stereocenters. The smallest absolute Gasteiger partial charge is 0.0688 e. The van der Waals surface area contributed by atoms with Crippen LogP contribution in [0.15, 0.2) is 42.6 Å². The Morgan fingerprint density at radius 3 is 2.95 bits per heavy atom.